The lowest BCUT2D eigenvalue weighted by Crippen LogP contribution is -2.26. The molecule has 1 heterocycles. The third-order valence-corrected chi connectivity index (χ3v) is 1.59. The monoisotopic (exact) mass is 212 g/mol. The molecule has 0 unspecified atom stereocenters. The molecule has 0 saturated heterocycles. The van der Waals surface area contributed by atoms with Crippen molar-refractivity contribution < 1.29 is 19.1 Å². The highest BCUT2D eigenvalue weighted by Gasteiger charge is 2.06. The van der Waals surface area contributed by atoms with Crippen LogP contribution < -0.4 is 5.32 Å². The molecule has 0 aliphatic rings. The number of halogens is 1. The van der Waals surface area contributed by atoms with E-state index in [0.29, 0.717) is 0 Å². The molecule has 6 heteroatoms. The Hall–Kier alpha value is -1.98. The molecule has 1 aromatic heterocycles. The standard InChI is InChI=1S/C9H9FN2O3/c10-7-3-6(4-11-5-7)9(15)12-2-1-8(13)14/h3-5H,1-2H2,(H,12,15)(H,13,14). The van der Waals surface area contributed by atoms with Crippen LogP contribution in [0, 0.1) is 5.82 Å². The Morgan fingerprint density at radius 1 is 1.47 bits per heavy atom. The summed E-state index contributed by atoms with van der Waals surface area (Å²) in [6, 6.07) is 1.03. The molecule has 0 aliphatic heterocycles. The lowest BCUT2D eigenvalue weighted by atomic mass is 10.2. The van der Waals surface area contributed by atoms with Crippen LogP contribution in [0.4, 0.5) is 4.39 Å². The number of aromatic nitrogens is 1. The van der Waals surface area contributed by atoms with E-state index in [4.69, 9.17) is 5.11 Å². The van der Waals surface area contributed by atoms with Gasteiger partial charge in [-0.25, -0.2) is 4.39 Å². The second kappa shape index (κ2) is 5.04. The molecule has 1 rings (SSSR count). The minimum atomic E-state index is -1.01. The van der Waals surface area contributed by atoms with E-state index in [-0.39, 0.29) is 18.5 Å². The summed E-state index contributed by atoms with van der Waals surface area (Å²) in [5.74, 6) is -2.16. The molecule has 15 heavy (non-hydrogen) atoms. The van der Waals surface area contributed by atoms with Crippen LogP contribution in [-0.2, 0) is 4.79 Å². The Morgan fingerprint density at radius 3 is 2.80 bits per heavy atom. The summed E-state index contributed by atoms with van der Waals surface area (Å²) in [6.45, 7) is 0.00464. The Balaban J connectivity index is 2.50. The zero-order valence-corrected chi connectivity index (χ0v) is 7.74. The van der Waals surface area contributed by atoms with Crippen LogP contribution >= 0.6 is 0 Å². The Morgan fingerprint density at radius 2 is 2.20 bits per heavy atom. The van der Waals surface area contributed by atoms with Gasteiger partial charge in [-0.3, -0.25) is 14.6 Å². The smallest absolute Gasteiger partial charge is 0.305 e. The number of hydrogen-bond acceptors (Lipinski definition) is 3. The average Bonchev–Trinajstić information content (AvgIpc) is 2.17. The van der Waals surface area contributed by atoms with Gasteiger partial charge in [-0.1, -0.05) is 0 Å². The van der Waals surface area contributed by atoms with Crippen LogP contribution in [0.25, 0.3) is 0 Å². The van der Waals surface area contributed by atoms with Crippen molar-refractivity contribution in [2.24, 2.45) is 0 Å². The summed E-state index contributed by atoms with van der Waals surface area (Å²) < 4.78 is 12.6. The van der Waals surface area contributed by atoms with Gasteiger partial charge in [0.25, 0.3) is 5.91 Å². The molecule has 0 aromatic carbocycles. The molecule has 2 N–H and O–H groups in total. The van der Waals surface area contributed by atoms with E-state index < -0.39 is 17.7 Å². The van der Waals surface area contributed by atoms with Gasteiger partial charge in [-0.05, 0) is 6.07 Å². The highest BCUT2D eigenvalue weighted by molar-refractivity contribution is 5.93. The summed E-state index contributed by atoms with van der Waals surface area (Å²) in [7, 11) is 0. The lowest BCUT2D eigenvalue weighted by Gasteiger charge is -2.02. The van der Waals surface area contributed by atoms with E-state index in [1.54, 1.807) is 0 Å². The van der Waals surface area contributed by atoms with Crippen molar-refractivity contribution in [2.45, 2.75) is 6.42 Å². The number of aliphatic carboxylic acids is 1. The molecule has 1 amide bonds. The van der Waals surface area contributed by atoms with E-state index in [2.05, 4.69) is 10.3 Å². The number of amides is 1. The van der Waals surface area contributed by atoms with Crippen molar-refractivity contribution in [1.29, 1.82) is 0 Å². The average molecular weight is 212 g/mol. The number of nitrogens with one attached hydrogen (secondary N) is 1. The third kappa shape index (κ3) is 3.72. The Labute approximate surface area is 84.9 Å². The number of carboxylic acid groups (broad SMARTS) is 1. The van der Waals surface area contributed by atoms with Gasteiger partial charge in [0, 0.05) is 12.7 Å². The molecule has 0 aliphatic carbocycles. The van der Waals surface area contributed by atoms with Crippen molar-refractivity contribution in [1.82, 2.24) is 10.3 Å². The zero-order chi connectivity index (χ0) is 11.3. The molecule has 1 aromatic rings. The summed E-state index contributed by atoms with van der Waals surface area (Å²) in [5.41, 5.74) is 0.0698. The van der Waals surface area contributed by atoms with Crippen molar-refractivity contribution in [3.8, 4) is 0 Å². The second-order valence-electron chi connectivity index (χ2n) is 2.79. The SMILES string of the molecule is O=C(O)CCNC(=O)c1cncc(F)c1. The normalized spacial score (nSPS) is 9.67. The fourth-order valence-corrected chi connectivity index (χ4v) is 0.921. The quantitative estimate of drug-likeness (QED) is 0.758. The number of carbonyl (C=O) groups excluding carboxylic acids is 1. The van der Waals surface area contributed by atoms with Gasteiger partial charge in [-0.2, -0.15) is 0 Å². The van der Waals surface area contributed by atoms with E-state index in [1.165, 1.54) is 6.20 Å². The molecule has 0 fully saturated rings. The molecule has 80 valence electrons. The van der Waals surface area contributed by atoms with Gasteiger partial charge in [0.05, 0.1) is 18.2 Å². The van der Waals surface area contributed by atoms with E-state index >= 15 is 0 Å². The predicted octanol–water partition coefficient (Wildman–Crippen LogP) is 0.425. The number of nitrogens with zero attached hydrogens (tertiary/aromatic N) is 1. The van der Waals surface area contributed by atoms with Crippen molar-refractivity contribution >= 4 is 11.9 Å². The van der Waals surface area contributed by atoms with Crippen LogP contribution in [0.3, 0.4) is 0 Å². The van der Waals surface area contributed by atoms with Crippen LogP contribution in [0.2, 0.25) is 0 Å². The van der Waals surface area contributed by atoms with Gasteiger partial charge in [0.15, 0.2) is 0 Å². The van der Waals surface area contributed by atoms with Gasteiger partial charge in [0.1, 0.15) is 5.82 Å². The van der Waals surface area contributed by atoms with Gasteiger partial charge < -0.3 is 10.4 Å². The van der Waals surface area contributed by atoms with Crippen LogP contribution in [-0.4, -0.2) is 28.5 Å². The molecular weight excluding hydrogens is 203 g/mol. The van der Waals surface area contributed by atoms with Gasteiger partial charge in [-0.15, -0.1) is 0 Å². The Kier molecular flexibility index (Phi) is 3.73. The maximum atomic E-state index is 12.6. The minimum absolute atomic E-state index is 0.00464. The fraction of sp³-hybridized carbons (Fsp3) is 0.222. The first-order chi connectivity index (χ1) is 7.09. The number of hydrogen-bond donors (Lipinski definition) is 2. The minimum Gasteiger partial charge on any atom is -0.481 e. The number of pyridine rings is 1. The summed E-state index contributed by atoms with van der Waals surface area (Å²) in [6.07, 6.45) is 2.02. The van der Waals surface area contributed by atoms with Crippen molar-refractivity contribution in [3.63, 3.8) is 0 Å². The number of carboxylic acids is 1. The first-order valence-corrected chi connectivity index (χ1v) is 4.20. The fourth-order valence-electron chi connectivity index (χ4n) is 0.921. The largest absolute Gasteiger partial charge is 0.481 e. The maximum Gasteiger partial charge on any atom is 0.305 e. The molecule has 0 bridgehead atoms. The molecule has 0 radical (unpaired) electrons. The first-order valence-electron chi connectivity index (χ1n) is 4.20. The van der Waals surface area contributed by atoms with Crippen molar-refractivity contribution in [3.05, 3.63) is 29.8 Å². The molecule has 0 atom stereocenters. The summed E-state index contributed by atoms with van der Waals surface area (Å²) in [5, 5.41) is 10.6. The third-order valence-electron chi connectivity index (χ3n) is 1.59. The topological polar surface area (TPSA) is 79.3 Å². The maximum absolute atomic E-state index is 12.6. The highest BCUT2D eigenvalue weighted by Crippen LogP contribution is 2.00. The molecule has 5 nitrogen and oxygen atoms in total. The van der Waals surface area contributed by atoms with Crippen molar-refractivity contribution in [2.75, 3.05) is 6.54 Å². The zero-order valence-electron chi connectivity index (χ0n) is 7.74. The summed E-state index contributed by atoms with van der Waals surface area (Å²) in [4.78, 5) is 24.9. The molecule has 0 spiro atoms. The van der Waals surface area contributed by atoms with Gasteiger partial charge in [0.2, 0.25) is 0 Å². The second-order valence-corrected chi connectivity index (χ2v) is 2.79. The van der Waals surface area contributed by atoms with Crippen LogP contribution in [0.1, 0.15) is 16.8 Å². The Bertz CT molecular complexity index is 381. The predicted molar refractivity (Wildman–Crippen MR) is 48.8 cm³/mol. The van der Waals surface area contributed by atoms with Gasteiger partial charge >= 0.3 is 5.97 Å². The highest BCUT2D eigenvalue weighted by atomic mass is 19.1. The lowest BCUT2D eigenvalue weighted by molar-refractivity contribution is -0.136. The van der Waals surface area contributed by atoms with E-state index in [0.717, 1.165) is 12.3 Å². The summed E-state index contributed by atoms with van der Waals surface area (Å²) >= 11 is 0. The number of carbonyl (C=O) groups is 2. The van der Waals surface area contributed by atoms with E-state index in [9.17, 15) is 14.0 Å². The van der Waals surface area contributed by atoms with E-state index in [1.807, 2.05) is 0 Å². The number of rotatable bonds is 4. The molecule has 0 saturated carbocycles. The van der Waals surface area contributed by atoms with Crippen LogP contribution in [0.5, 0.6) is 0 Å². The van der Waals surface area contributed by atoms with Crippen LogP contribution in [0.15, 0.2) is 18.5 Å². The molecular formula is C9H9FN2O3. The first kappa shape index (κ1) is 11.1.